The number of aliphatic hydroxyl groups is 1. The van der Waals surface area contributed by atoms with Crippen molar-refractivity contribution >= 4 is 11.6 Å². The number of pyridine rings is 1. The Balaban J connectivity index is 3.04. The number of aliphatic hydroxyl groups excluding tert-OH is 1. The Labute approximate surface area is 62.9 Å². The Bertz CT molecular complexity index is 239. The van der Waals surface area contributed by atoms with Crippen molar-refractivity contribution in [3.8, 4) is 5.75 Å². The van der Waals surface area contributed by atoms with Gasteiger partial charge in [-0.25, -0.2) is 4.98 Å². The van der Waals surface area contributed by atoms with Gasteiger partial charge in [-0.2, -0.15) is 0 Å². The zero-order valence-corrected chi connectivity index (χ0v) is 5.84. The van der Waals surface area contributed by atoms with E-state index in [0.717, 1.165) is 0 Å². The molecule has 0 aliphatic heterocycles. The lowest BCUT2D eigenvalue weighted by Crippen LogP contribution is -1.84. The summed E-state index contributed by atoms with van der Waals surface area (Å²) in [5, 5.41) is 17.5. The number of halogens is 1. The van der Waals surface area contributed by atoms with Gasteiger partial charge in [0, 0.05) is 6.20 Å². The molecule has 0 spiro atoms. The first-order valence-corrected chi connectivity index (χ1v) is 3.06. The number of hydrogen-bond donors (Lipinski definition) is 2. The maximum absolute atomic E-state index is 8.93. The summed E-state index contributed by atoms with van der Waals surface area (Å²) in [6.07, 6.45) is 1.40. The van der Waals surface area contributed by atoms with E-state index >= 15 is 0 Å². The van der Waals surface area contributed by atoms with Gasteiger partial charge in [-0.05, 0) is 11.6 Å². The number of aromatic nitrogens is 1. The first kappa shape index (κ1) is 7.31. The van der Waals surface area contributed by atoms with E-state index < -0.39 is 0 Å². The quantitative estimate of drug-likeness (QED) is 0.600. The van der Waals surface area contributed by atoms with Gasteiger partial charge in [-0.15, -0.1) is 0 Å². The van der Waals surface area contributed by atoms with Gasteiger partial charge < -0.3 is 10.2 Å². The molecule has 4 heteroatoms. The molecule has 0 aliphatic carbocycles. The topological polar surface area (TPSA) is 53.4 Å². The molecule has 0 saturated carbocycles. The van der Waals surface area contributed by atoms with Gasteiger partial charge in [0.25, 0.3) is 0 Å². The van der Waals surface area contributed by atoms with Gasteiger partial charge >= 0.3 is 0 Å². The Morgan fingerprint density at radius 2 is 2.30 bits per heavy atom. The summed E-state index contributed by atoms with van der Waals surface area (Å²) < 4.78 is 0. The first-order chi connectivity index (χ1) is 4.74. The Hall–Kier alpha value is -0.800. The average Bonchev–Trinajstić information content (AvgIpc) is 1.95. The SMILES string of the molecule is OCc1cnc(Cl)c(O)c1. The summed E-state index contributed by atoms with van der Waals surface area (Å²) >= 11 is 5.39. The van der Waals surface area contributed by atoms with Crippen LogP contribution in [0.25, 0.3) is 0 Å². The van der Waals surface area contributed by atoms with Crippen LogP contribution in [0.1, 0.15) is 5.56 Å². The van der Waals surface area contributed by atoms with Crippen molar-refractivity contribution in [2.24, 2.45) is 0 Å². The summed E-state index contributed by atoms with van der Waals surface area (Å²) in [5.41, 5.74) is 0.543. The van der Waals surface area contributed by atoms with E-state index in [1.807, 2.05) is 0 Å². The molecule has 1 rings (SSSR count). The van der Waals surface area contributed by atoms with Crippen LogP contribution in [0.15, 0.2) is 12.3 Å². The molecule has 0 radical (unpaired) electrons. The minimum atomic E-state index is -0.141. The maximum Gasteiger partial charge on any atom is 0.170 e. The molecule has 0 bridgehead atoms. The molecule has 0 aliphatic rings. The lowest BCUT2D eigenvalue weighted by molar-refractivity contribution is 0.280. The summed E-state index contributed by atoms with van der Waals surface area (Å²) in [5.74, 6) is -0.104. The van der Waals surface area contributed by atoms with Crippen LogP contribution in [0.2, 0.25) is 5.15 Å². The minimum absolute atomic E-state index is 0.0530. The van der Waals surface area contributed by atoms with Crippen LogP contribution < -0.4 is 0 Å². The third-order valence-corrected chi connectivity index (χ3v) is 1.35. The zero-order chi connectivity index (χ0) is 7.56. The van der Waals surface area contributed by atoms with Gasteiger partial charge in [0.1, 0.15) is 0 Å². The van der Waals surface area contributed by atoms with E-state index in [4.69, 9.17) is 21.8 Å². The highest BCUT2D eigenvalue weighted by atomic mass is 35.5. The fourth-order valence-corrected chi connectivity index (χ4v) is 0.668. The third-order valence-electron chi connectivity index (χ3n) is 1.06. The monoisotopic (exact) mass is 159 g/mol. The van der Waals surface area contributed by atoms with Crippen LogP contribution in [0.5, 0.6) is 5.75 Å². The molecular weight excluding hydrogens is 154 g/mol. The van der Waals surface area contributed by atoms with Crippen molar-refractivity contribution in [1.82, 2.24) is 4.98 Å². The molecule has 0 aromatic carbocycles. The molecule has 0 saturated heterocycles. The van der Waals surface area contributed by atoms with E-state index in [2.05, 4.69) is 4.98 Å². The van der Waals surface area contributed by atoms with Crippen molar-refractivity contribution in [2.45, 2.75) is 6.61 Å². The number of aromatic hydroxyl groups is 1. The second-order valence-corrected chi connectivity index (χ2v) is 2.17. The molecule has 3 nitrogen and oxygen atoms in total. The van der Waals surface area contributed by atoms with E-state index in [1.54, 1.807) is 0 Å². The van der Waals surface area contributed by atoms with Crippen LogP contribution in [0.3, 0.4) is 0 Å². The second kappa shape index (κ2) is 2.86. The first-order valence-electron chi connectivity index (χ1n) is 2.68. The van der Waals surface area contributed by atoms with Gasteiger partial charge in [0.05, 0.1) is 6.61 Å². The molecule has 10 heavy (non-hydrogen) atoms. The summed E-state index contributed by atoms with van der Waals surface area (Å²) in [4.78, 5) is 3.60. The van der Waals surface area contributed by atoms with Gasteiger partial charge in [0.15, 0.2) is 10.9 Å². The van der Waals surface area contributed by atoms with Crippen molar-refractivity contribution in [1.29, 1.82) is 0 Å². The van der Waals surface area contributed by atoms with Crippen LogP contribution in [0, 0.1) is 0 Å². The third kappa shape index (κ3) is 1.37. The Kier molecular flexibility index (Phi) is 2.09. The van der Waals surface area contributed by atoms with E-state index in [1.165, 1.54) is 12.3 Å². The fraction of sp³-hybridized carbons (Fsp3) is 0.167. The number of hydrogen-bond acceptors (Lipinski definition) is 3. The van der Waals surface area contributed by atoms with Crippen LogP contribution in [0.4, 0.5) is 0 Å². The predicted molar refractivity (Wildman–Crippen MR) is 36.8 cm³/mol. The second-order valence-electron chi connectivity index (χ2n) is 1.81. The van der Waals surface area contributed by atoms with Crippen molar-refractivity contribution in [3.63, 3.8) is 0 Å². The highest BCUT2D eigenvalue weighted by Crippen LogP contribution is 2.20. The van der Waals surface area contributed by atoms with Crippen LogP contribution in [-0.4, -0.2) is 15.2 Å². The van der Waals surface area contributed by atoms with E-state index in [-0.39, 0.29) is 17.5 Å². The summed E-state index contributed by atoms with van der Waals surface area (Å²) in [6, 6.07) is 1.37. The van der Waals surface area contributed by atoms with Crippen LogP contribution >= 0.6 is 11.6 Å². The van der Waals surface area contributed by atoms with Crippen molar-refractivity contribution in [2.75, 3.05) is 0 Å². The zero-order valence-electron chi connectivity index (χ0n) is 5.08. The smallest absolute Gasteiger partial charge is 0.170 e. The number of nitrogens with zero attached hydrogens (tertiary/aromatic N) is 1. The molecule has 1 aromatic heterocycles. The molecule has 0 fully saturated rings. The van der Waals surface area contributed by atoms with Gasteiger partial charge in [0.2, 0.25) is 0 Å². The highest BCUT2D eigenvalue weighted by molar-refractivity contribution is 6.30. The summed E-state index contributed by atoms with van der Waals surface area (Å²) in [7, 11) is 0. The molecule has 54 valence electrons. The van der Waals surface area contributed by atoms with E-state index in [0.29, 0.717) is 5.56 Å². The molecule has 0 unspecified atom stereocenters. The van der Waals surface area contributed by atoms with Crippen LogP contribution in [-0.2, 0) is 6.61 Å². The highest BCUT2D eigenvalue weighted by Gasteiger charge is 1.98. The number of rotatable bonds is 1. The lowest BCUT2D eigenvalue weighted by atomic mass is 10.3. The molecule has 1 heterocycles. The molecule has 1 aromatic rings. The van der Waals surface area contributed by atoms with E-state index in [9.17, 15) is 0 Å². The molecule has 0 atom stereocenters. The van der Waals surface area contributed by atoms with Gasteiger partial charge in [-0.3, -0.25) is 0 Å². The van der Waals surface area contributed by atoms with Gasteiger partial charge in [-0.1, -0.05) is 11.6 Å². The standard InChI is InChI=1S/C6H6ClNO2/c7-6-5(10)1-4(3-9)2-8-6/h1-2,9-10H,3H2. The van der Waals surface area contributed by atoms with Crippen molar-refractivity contribution < 1.29 is 10.2 Å². The molecule has 2 N–H and O–H groups in total. The summed E-state index contributed by atoms with van der Waals surface area (Å²) in [6.45, 7) is -0.141. The fourth-order valence-electron chi connectivity index (χ4n) is 0.565. The lowest BCUT2D eigenvalue weighted by Gasteiger charge is -1.96. The minimum Gasteiger partial charge on any atom is -0.505 e. The average molecular weight is 160 g/mol. The molecule has 0 amide bonds. The maximum atomic E-state index is 8.93. The Morgan fingerprint density at radius 3 is 2.80 bits per heavy atom. The molecular formula is C6H6ClNO2. The van der Waals surface area contributed by atoms with Crippen molar-refractivity contribution in [3.05, 3.63) is 23.0 Å². The predicted octanol–water partition coefficient (Wildman–Crippen LogP) is 0.933. The normalized spacial score (nSPS) is 9.80. The largest absolute Gasteiger partial charge is 0.505 e. The Morgan fingerprint density at radius 1 is 1.60 bits per heavy atom.